The molecule has 1 saturated heterocycles. The van der Waals surface area contributed by atoms with Crippen molar-refractivity contribution in [1.82, 2.24) is 5.32 Å². The van der Waals surface area contributed by atoms with Gasteiger partial charge in [0.1, 0.15) is 17.5 Å². The summed E-state index contributed by atoms with van der Waals surface area (Å²) in [6.45, 7) is -0.120. The second-order valence-electron chi connectivity index (χ2n) is 5.09. The van der Waals surface area contributed by atoms with Crippen molar-refractivity contribution in [2.45, 2.75) is 0 Å². The van der Waals surface area contributed by atoms with E-state index in [9.17, 15) is 9.59 Å². The molecule has 0 aromatic heterocycles. The summed E-state index contributed by atoms with van der Waals surface area (Å²) in [6.07, 6.45) is 1.56. The lowest BCUT2D eigenvalue weighted by molar-refractivity contribution is -0.115. The van der Waals surface area contributed by atoms with Crippen LogP contribution in [0.1, 0.15) is 5.56 Å². The summed E-state index contributed by atoms with van der Waals surface area (Å²) in [5.41, 5.74) is 1.33. The van der Waals surface area contributed by atoms with Crippen molar-refractivity contribution in [3.05, 3.63) is 64.3 Å². The van der Waals surface area contributed by atoms with E-state index in [0.29, 0.717) is 17.0 Å². The number of anilines is 1. The maximum atomic E-state index is 12.2. The van der Waals surface area contributed by atoms with Crippen molar-refractivity contribution in [3.8, 4) is 11.8 Å². The van der Waals surface area contributed by atoms with Crippen molar-refractivity contribution in [3.63, 3.8) is 0 Å². The number of nitrogens with zero attached hydrogens (tertiary/aromatic N) is 2. The number of urea groups is 1. The van der Waals surface area contributed by atoms with Crippen LogP contribution in [-0.2, 0) is 4.79 Å². The van der Waals surface area contributed by atoms with Crippen LogP contribution >= 0.6 is 15.9 Å². The number of carbonyl (C=O) groups is 2. The predicted molar refractivity (Wildman–Crippen MR) is 95.7 cm³/mol. The van der Waals surface area contributed by atoms with Gasteiger partial charge in [0.25, 0.3) is 5.91 Å². The first-order valence-electron chi connectivity index (χ1n) is 7.31. The Hall–Kier alpha value is -3.11. The molecule has 2 aromatic rings. The van der Waals surface area contributed by atoms with Crippen LogP contribution in [0.3, 0.4) is 0 Å². The number of halogens is 1. The standard InChI is InChI=1S/C18H12BrN3O3/c19-13-6-7-16(25-9-8-20)12(10-13)11-15-17(23)21-18(24)22(15)14-4-2-1-3-5-14/h1-7,10-11H,9H2,(H,21,23,24). The summed E-state index contributed by atoms with van der Waals surface area (Å²) in [5, 5.41) is 11.0. The number of ether oxygens (including phenoxy) is 1. The third-order valence-corrected chi connectivity index (χ3v) is 3.96. The van der Waals surface area contributed by atoms with Gasteiger partial charge in [0.2, 0.25) is 0 Å². The lowest BCUT2D eigenvalue weighted by Crippen LogP contribution is -2.27. The number of nitriles is 1. The van der Waals surface area contributed by atoms with Gasteiger partial charge >= 0.3 is 6.03 Å². The van der Waals surface area contributed by atoms with E-state index >= 15 is 0 Å². The van der Waals surface area contributed by atoms with Crippen LogP contribution in [0.4, 0.5) is 10.5 Å². The third kappa shape index (κ3) is 3.54. The molecule has 3 amide bonds. The van der Waals surface area contributed by atoms with E-state index < -0.39 is 11.9 Å². The molecule has 124 valence electrons. The number of para-hydroxylation sites is 1. The largest absolute Gasteiger partial charge is 0.478 e. The Morgan fingerprint density at radius 1 is 1.20 bits per heavy atom. The van der Waals surface area contributed by atoms with Gasteiger partial charge in [-0.1, -0.05) is 34.1 Å². The Kier molecular flexibility index (Phi) is 4.82. The smallest absolute Gasteiger partial charge is 0.333 e. The SMILES string of the molecule is N#CCOc1ccc(Br)cc1C=C1C(=O)NC(=O)N1c1ccccc1. The van der Waals surface area contributed by atoms with E-state index in [-0.39, 0.29) is 12.3 Å². The van der Waals surface area contributed by atoms with E-state index in [1.807, 2.05) is 12.1 Å². The lowest BCUT2D eigenvalue weighted by atomic mass is 10.1. The number of imide groups is 1. The molecule has 1 N–H and O–H groups in total. The van der Waals surface area contributed by atoms with Crippen LogP contribution in [-0.4, -0.2) is 18.5 Å². The molecule has 0 spiro atoms. The molecule has 7 heteroatoms. The molecular weight excluding hydrogens is 386 g/mol. The monoisotopic (exact) mass is 397 g/mol. The number of benzene rings is 2. The average Bonchev–Trinajstić information content (AvgIpc) is 2.88. The second kappa shape index (κ2) is 7.20. The van der Waals surface area contributed by atoms with Gasteiger partial charge in [0, 0.05) is 10.0 Å². The number of rotatable bonds is 4. The fourth-order valence-electron chi connectivity index (χ4n) is 2.41. The van der Waals surface area contributed by atoms with Crippen molar-refractivity contribution < 1.29 is 14.3 Å². The molecule has 3 rings (SSSR count). The van der Waals surface area contributed by atoms with Gasteiger partial charge in [-0.2, -0.15) is 5.26 Å². The van der Waals surface area contributed by atoms with Gasteiger partial charge in [-0.25, -0.2) is 4.79 Å². The Bertz CT molecular complexity index is 904. The minimum atomic E-state index is -0.517. The fraction of sp³-hybridized carbons (Fsp3) is 0.0556. The Labute approximate surface area is 152 Å². The van der Waals surface area contributed by atoms with Gasteiger partial charge in [-0.05, 0) is 36.4 Å². The molecular formula is C18H12BrN3O3. The Balaban J connectivity index is 2.07. The number of carbonyl (C=O) groups excluding carboxylic acids is 2. The van der Waals surface area contributed by atoms with E-state index in [1.54, 1.807) is 48.5 Å². The predicted octanol–water partition coefficient (Wildman–Crippen LogP) is 3.45. The highest BCUT2D eigenvalue weighted by Gasteiger charge is 2.34. The van der Waals surface area contributed by atoms with Crippen LogP contribution in [0.2, 0.25) is 0 Å². The van der Waals surface area contributed by atoms with Gasteiger partial charge < -0.3 is 4.74 Å². The molecule has 0 atom stereocenters. The molecule has 0 bridgehead atoms. The third-order valence-electron chi connectivity index (χ3n) is 3.47. The zero-order valence-corrected chi connectivity index (χ0v) is 14.5. The fourth-order valence-corrected chi connectivity index (χ4v) is 2.79. The normalized spacial score (nSPS) is 15.2. The first-order chi connectivity index (χ1) is 12.1. The highest BCUT2D eigenvalue weighted by Crippen LogP contribution is 2.29. The van der Waals surface area contributed by atoms with Gasteiger partial charge in [-0.3, -0.25) is 15.0 Å². The summed E-state index contributed by atoms with van der Waals surface area (Å²) in [5.74, 6) is -0.0579. The molecule has 1 aliphatic heterocycles. The maximum Gasteiger partial charge on any atom is 0.333 e. The minimum absolute atomic E-state index is 0.120. The summed E-state index contributed by atoms with van der Waals surface area (Å²) in [7, 11) is 0. The van der Waals surface area contributed by atoms with Crippen LogP contribution in [0.15, 0.2) is 58.7 Å². The number of hydrogen-bond donors (Lipinski definition) is 1. The molecule has 1 fully saturated rings. The zero-order valence-electron chi connectivity index (χ0n) is 12.9. The molecule has 1 heterocycles. The quantitative estimate of drug-likeness (QED) is 0.632. The van der Waals surface area contributed by atoms with Crippen molar-refractivity contribution >= 4 is 39.6 Å². The van der Waals surface area contributed by atoms with E-state index in [4.69, 9.17) is 10.00 Å². The zero-order chi connectivity index (χ0) is 17.8. The van der Waals surface area contributed by atoms with Gasteiger partial charge in [0.05, 0.1) is 5.69 Å². The molecule has 2 aromatic carbocycles. The van der Waals surface area contributed by atoms with Crippen molar-refractivity contribution in [2.24, 2.45) is 0 Å². The maximum absolute atomic E-state index is 12.2. The summed E-state index contributed by atoms with van der Waals surface area (Å²) in [4.78, 5) is 25.7. The molecule has 1 aliphatic rings. The van der Waals surface area contributed by atoms with E-state index in [2.05, 4.69) is 21.2 Å². The summed E-state index contributed by atoms with van der Waals surface area (Å²) in [6, 6.07) is 15.5. The number of nitrogens with one attached hydrogen (secondary N) is 1. The van der Waals surface area contributed by atoms with Gasteiger partial charge in [-0.15, -0.1) is 0 Å². The van der Waals surface area contributed by atoms with Gasteiger partial charge in [0.15, 0.2) is 6.61 Å². The molecule has 25 heavy (non-hydrogen) atoms. The Morgan fingerprint density at radius 3 is 2.68 bits per heavy atom. The van der Waals surface area contributed by atoms with Crippen LogP contribution in [0.5, 0.6) is 5.75 Å². The molecule has 0 aliphatic carbocycles. The topological polar surface area (TPSA) is 82.4 Å². The first-order valence-corrected chi connectivity index (χ1v) is 8.11. The highest BCUT2D eigenvalue weighted by molar-refractivity contribution is 9.10. The molecule has 0 radical (unpaired) electrons. The highest BCUT2D eigenvalue weighted by atomic mass is 79.9. The van der Waals surface area contributed by atoms with Crippen molar-refractivity contribution in [2.75, 3.05) is 11.5 Å². The van der Waals surface area contributed by atoms with E-state index in [0.717, 1.165) is 4.47 Å². The second-order valence-corrected chi connectivity index (χ2v) is 6.00. The lowest BCUT2D eigenvalue weighted by Gasteiger charge is -2.15. The van der Waals surface area contributed by atoms with Crippen LogP contribution in [0.25, 0.3) is 6.08 Å². The minimum Gasteiger partial charge on any atom is -0.478 e. The van der Waals surface area contributed by atoms with Crippen LogP contribution < -0.4 is 15.0 Å². The molecule has 0 unspecified atom stereocenters. The van der Waals surface area contributed by atoms with E-state index in [1.165, 1.54) is 4.90 Å². The molecule has 0 saturated carbocycles. The van der Waals surface area contributed by atoms with Crippen molar-refractivity contribution in [1.29, 1.82) is 5.26 Å². The first kappa shape index (κ1) is 16.7. The number of amides is 3. The van der Waals surface area contributed by atoms with Crippen LogP contribution in [0, 0.1) is 11.3 Å². The number of hydrogen-bond acceptors (Lipinski definition) is 4. The summed E-state index contributed by atoms with van der Waals surface area (Å²) >= 11 is 3.37. The molecule has 6 nitrogen and oxygen atoms in total. The Morgan fingerprint density at radius 2 is 1.96 bits per heavy atom. The summed E-state index contributed by atoms with van der Waals surface area (Å²) < 4.78 is 6.17. The average molecular weight is 398 g/mol.